The Morgan fingerprint density at radius 2 is 1.60 bits per heavy atom. The Hall–Kier alpha value is -2.59. The number of carbonyl (C=O) groups excluding carboxylic acids is 1. The van der Waals surface area contributed by atoms with Crippen molar-refractivity contribution in [1.82, 2.24) is 9.21 Å². The molecule has 1 heterocycles. The predicted molar refractivity (Wildman–Crippen MR) is 103 cm³/mol. The van der Waals surface area contributed by atoms with E-state index in [2.05, 4.69) is 0 Å². The Kier molecular flexibility index (Phi) is 6.67. The van der Waals surface area contributed by atoms with E-state index < -0.39 is 32.4 Å². The van der Waals surface area contributed by atoms with Crippen LogP contribution in [0, 0.1) is 24.4 Å². The Morgan fingerprint density at radius 1 is 0.967 bits per heavy atom. The number of aryl methyl sites for hydroxylation is 1. The van der Waals surface area contributed by atoms with Crippen molar-refractivity contribution in [3.05, 3.63) is 59.4 Å². The zero-order valence-corrected chi connectivity index (χ0v) is 17.1. The van der Waals surface area contributed by atoms with Crippen molar-refractivity contribution >= 4 is 15.9 Å². The van der Waals surface area contributed by atoms with E-state index >= 15 is 0 Å². The van der Waals surface area contributed by atoms with E-state index in [0.29, 0.717) is 17.9 Å². The molecule has 0 saturated carbocycles. The minimum atomic E-state index is -4.35. The second-order valence-electron chi connectivity index (χ2n) is 6.87. The van der Waals surface area contributed by atoms with Gasteiger partial charge in [0, 0.05) is 26.2 Å². The van der Waals surface area contributed by atoms with Gasteiger partial charge >= 0.3 is 0 Å². The summed E-state index contributed by atoms with van der Waals surface area (Å²) in [7, 11) is -4.35. The van der Waals surface area contributed by atoms with Crippen LogP contribution in [0.25, 0.3) is 0 Å². The fourth-order valence-electron chi connectivity index (χ4n) is 3.07. The summed E-state index contributed by atoms with van der Waals surface area (Å²) in [5.74, 6) is -4.59. The SMILES string of the molecule is Cc1ccc(OCCC(=O)N2CCN(S(=O)(=O)c3ccc(F)c(F)c3F)CC2)cc1. The van der Waals surface area contributed by atoms with Crippen molar-refractivity contribution in [1.29, 1.82) is 0 Å². The molecule has 162 valence electrons. The van der Waals surface area contributed by atoms with Crippen LogP contribution in [-0.4, -0.2) is 56.3 Å². The van der Waals surface area contributed by atoms with Crippen molar-refractivity contribution in [2.24, 2.45) is 0 Å². The number of hydrogen-bond acceptors (Lipinski definition) is 4. The molecule has 0 unspecified atom stereocenters. The zero-order chi connectivity index (χ0) is 21.9. The molecule has 3 rings (SSSR count). The van der Waals surface area contributed by atoms with E-state index in [0.717, 1.165) is 9.87 Å². The van der Waals surface area contributed by atoms with Crippen LogP contribution in [-0.2, 0) is 14.8 Å². The Morgan fingerprint density at radius 3 is 2.23 bits per heavy atom. The highest BCUT2D eigenvalue weighted by Crippen LogP contribution is 2.24. The molecule has 1 fully saturated rings. The first kappa shape index (κ1) is 22.1. The molecule has 10 heteroatoms. The number of halogens is 3. The van der Waals surface area contributed by atoms with E-state index in [-0.39, 0.29) is 45.1 Å². The smallest absolute Gasteiger partial charge is 0.246 e. The minimum Gasteiger partial charge on any atom is -0.493 e. The van der Waals surface area contributed by atoms with Gasteiger partial charge < -0.3 is 9.64 Å². The summed E-state index contributed by atoms with van der Waals surface area (Å²) in [5, 5.41) is 0. The van der Waals surface area contributed by atoms with Gasteiger partial charge in [-0.05, 0) is 31.2 Å². The molecule has 0 aliphatic carbocycles. The molecule has 0 spiro atoms. The molecule has 6 nitrogen and oxygen atoms in total. The Labute approximate surface area is 172 Å². The molecule has 30 heavy (non-hydrogen) atoms. The fourth-order valence-corrected chi connectivity index (χ4v) is 4.55. The van der Waals surface area contributed by atoms with E-state index in [1.165, 1.54) is 4.90 Å². The molecule has 0 radical (unpaired) electrons. The molecule has 0 N–H and O–H groups in total. The highest BCUT2D eigenvalue weighted by molar-refractivity contribution is 7.89. The first-order valence-electron chi connectivity index (χ1n) is 9.31. The highest BCUT2D eigenvalue weighted by atomic mass is 32.2. The predicted octanol–water partition coefficient (Wildman–Crippen LogP) is 2.71. The van der Waals surface area contributed by atoms with Gasteiger partial charge in [0.2, 0.25) is 15.9 Å². The maximum atomic E-state index is 13.9. The minimum absolute atomic E-state index is 0.0780. The number of ether oxygens (including phenoxy) is 1. The lowest BCUT2D eigenvalue weighted by molar-refractivity contribution is -0.132. The number of amides is 1. The van der Waals surface area contributed by atoms with Gasteiger partial charge in [0.15, 0.2) is 17.5 Å². The third-order valence-electron chi connectivity index (χ3n) is 4.81. The first-order valence-corrected chi connectivity index (χ1v) is 10.7. The summed E-state index contributed by atoms with van der Waals surface area (Å²) in [5.41, 5.74) is 1.09. The van der Waals surface area contributed by atoms with Gasteiger partial charge in [0.1, 0.15) is 10.6 Å². The molecule has 0 aromatic heterocycles. The van der Waals surface area contributed by atoms with Crippen LogP contribution in [0.4, 0.5) is 13.2 Å². The van der Waals surface area contributed by atoms with Gasteiger partial charge in [-0.2, -0.15) is 4.31 Å². The Balaban J connectivity index is 1.54. The van der Waals surface area contributed by atoms with E-state index in [1.54, 1.807) is 12.1 Å². The molecule has 1 aliphatic heterocycles. The molecule has 2 aromatic rings. The number of benzene rings is 2. The number of nitrogens with zero attached hydrogens (tertiary/aromatic N) is 2. The lowest BCUT2D eigenvalue weighted by Crippen LogP contribution is -2.50. The van der Waals surface area contributed by atoms with Crippen LogP contribution in [0.5, 0.6) is 5.75 Å². The number of rotatable bonds is 6. The van der Waals surface area contributed by atoms with Gasteiger partial charge in [-0.1, -0.05) is 17.7 Å². The maximum Gasteiger partial charge on any atom is 0.246 e. The van der Waals surface area contributed by atoms with Gasteiger partial charge in [-0.25, -0.2) is 21.6 Å². The zero-order valence-electron chi connectivity index (χ0n) is 16.3. The van der Waals surface area contributed by atoms with Crippen LogP contribution in [0.3, 0.4) is 0 Å². The number of piperazine rings is 1. The summed E-state index contributed by atoms with van der Waals surface area (Å²) in [4.78, 5) is 12.9. The molecule has 1 saturated heterocycles. The van der Waals surface area contributed by atoms with Crippen LogP contribution in [0.15, 0.2) is 41.3 Å². The molecule has 2 aromatic carbocycles. The second kappa shape index (κ2) is 9.05. The third kappa shape index (κ3) is 4.76. The summed E-state index contributed by atoms with van der Waals surface area (Å²) < 4.78 is 72.1. The van der Waals surface area contributed by atoms with Crippen molar-refractivity contribution in [3.8, 4) is 5.75 Å². The van der Waals surface area contributed by atoms with Crippen LogP contribution in [0.2, 0.25) is 0 Å². The standard InChI is InChI=1S/C20H21F3N2O4S/c1-14-2-4-15(5-3-14)29-13-8-18(26)24-9-11-25(12-10-24)30(27,28)17-7-6-16(21)19(22)20(17)23/h2-7H,8-13H2,1H3. The van der Waals surface area contributed by atoms with Crippen molar-refractivity contribution in [3.63, 3.8) is 0 Å². The van der Waals surface area contributed by atoms with E-state index in [1.807, 2.05) is 19.1 Å². The third-order valence-corrected chi connectivity index (χ3v) is 6.73. The van der Waals surface area contributed by atoms with Crippen molar-refractivity contribution < 1.29 is 31.1 Å². The molecule has 1 aliphatic rings. The highest BCUT2D eigenvalue weighted by Gasteiger charge is 2.33. The summed E-state index contributed by atoms with van der Waals surface area (Å²) in [6.45, 7) is 2.19. The summed E-state index contributed by atoms with van der Waals surface area (Å²) in [6, 6.07) is 8.67. The van der Waals surface area contributed by atoms with Gasteiger partial charge in [-0.15, -0.1) is 0 Å². The topological polar surface area (TPSA) is 66.9 Å². The normalized spacial score (nSPS) is 15.3. The monoisotopic (exact) mass is 442 g/mol. The van der Waals surface area contributed by atoms with Gasteiger partial charge in [0.05, 0.1) is 13.0 Å². The molecule has 0 bridgehead atoms. The van der Waals surface area contributed by atoms with Crippen LogP contribution >= 0.6 is 0 Å². The average Bonchev–Trinajstić information content (AvgIpc) is 2.73. The molecule has 1 amide bonds. The maximum absolute atomic E-state index is 13.9. The van der Waals surface area contributed by atoms with Gasteiger partial charge in [-0.3, -0.25) is 4.79 Å². The fraction of sp³-hybridized carbons (Fsp3) is 0.350. The van der Waals surface area contributed by atoms with E-state index in [9.17, 15) is 26.4 Å². The average molecular weight is 442 g/mol. The van der Waals surface area contributed by atoms with Crippen LogP contribution in [0.1, 0.15) is 12.0 Å². The molecule has 0 atom stereocenters. The number of hydrogen-bond donors (Lipinski definition) is 0. The number of sulfonamides is 1. The number of carbonyl (C=O) groups is 1. The van der Waals surface area contributed by atoms with Crippen molar-refractivity contribution in [2.45, 2.75) is 18.2 Å². The summed E-state index contributed by atoms with van der Waals surface area (Å²) >= 11 is 0. The molecular formula is C20H21F3N2O4S. The van der Waals surface area contributed by atoms with Crippen LogP contribution < -0.4 is 4.74 Å². The van der Waals surface area contributed by atoms with Gasteiger partial charge in [0.25, 0.3) is 0 Å². The van der Waals surface area contributed by atoms with E-state index in [4.69, 9.17) is 4.74 Å². The quantitative estimate of drug-likeness (QED) is 0.646. The van der Waals surface area contributed by atoms with Crippen molar-refractivity contribution in [2.75, 3.05) is 32.8 Å². The Bertz CT molecular complexity index is 1020. The summed E-state index contributed by atoms with van der Waals surface area (Å²) in [6.07, 6.45) is 0.123. The second-order valence-corrected chi connectivity index (χ2v) is 8.78. The lowest BCUT2D eigenvalue weighted by atomic mass is 10.2. The largest absolute Gasteiger partial charge is 0.493 e. The molecular weight excluding hydrogens is 421 g/mol. The first-order chi connectivity index (χ1) is 14.2. The lowest BCUT2D eigenvalue weighted by Gasteiger charge is -2.34.